The molecule has 0 aromatic heterocycles. The predicted molar refractivity (Wildman–Crippen MR) is 60.8 cm³/mol. The summed E-state index contributed by atoms with van der Waals surface area (Å²) < 4.78 is 0. The lowest BCUT2D eigenvalue weighted by molar-refractivity contribution is -0.124. The number of hydrogen-bond acceptors (Lipinski definition) is 2. The highest BCUT2D eigenvalue weighted by atomic mass is 35.5. The third-order valence-electron chi connectivity index (χ3n) is 3.11. The van der Waals surface area contributed by atoms with Crippen LogP contribution in [0, 0.1) is 5.92 Å². The Kier molecular flexibility index (Phi) is 3.39. The van der Waals surface area contributed by atoms with Gasteiger partial charge >= 0.3 is 0 Å². The molecule has 0 atom stereocenters. The van der Waals surface area contributed by atoms with Gasteiger partial charge in [0.1, 0.15) is 0 Å². The maximum absolute atomic E-state index is 11.5. The molecule has 0 unspecified atom stereocenters. The molecule has 0 spiro atoms. The van der Waals surface area contributed by atoms with Crippen molar-refractivity contribution in [2.24, 2.45) is 5.92 Å². The number of Topliss-reactive ketones (excluding diaryl/α,β-unsaturated/α-hetero) is 1. The highest BCUT2D eigenvalue weighted by Gasteiger charge is 2.34. The molecule has 0 radical (unpaired) electrons. The number of benzene rings is 1. The summed E-state index contributed by atoms with van der Waals surface area (Å²) in [5.74, 6) is 1.01. The van der Waals surface area contributed by atoms with Gasteiger partial charge in [-0.3, -0.25) is 4.79 Å². The van der Waals surface area contributed by atoms with Gasteiger partial charge < -0.3 is 0 Å². The maximum atomic E-state index is 11.5. The summed E-state index contributed by atoms with van der Waals surface area (Å²) in [6.07, 6.45) is 1.95. The van der Waals surface area contributed by atoms with Crippen molar-refractivity contribution >= 4 is 17.6 Å². The summed E-state index contributed by atoms with van der Waals surface area (Å²) in [5, 5.41) is 0. The molecule has 0 aliphatic heterocycles. The molecule has 1 saturated carbocycles. The van der Waals surface area contributed by atoms with E-state index in [0.717, 1.165) is 12.8 Å². The number of halogens is 1. The molecule has 1 fully saturated rings. The van der Waals surface area contributed by atoms with E-state index in [4.69, 9.17) is 11.8 Å². The van der Waals surface area contributed by atoms with Crippen molar-refractivity contribution in [1.82, 2.24) is 4.84 Å². The van der Waals surface area contributed by atoms with Crippen LogP contribution in [-0.2, 0) is 4.79 Å². The largest absolute Gasteiger partial charge is 0.298 e. The molecule has 80 valence electrons. The van der Waals surface area contributed by atoms with Crippen molar-refractivity contribution in [1.29, 1.82) is 0 Å². The Balaban J connectivity index is 1.86. The number of carbonyl (C=O) groups excluding carboxylic acids is 1. The van der Waals surface area contributed by atoms with Crippen LogP contribution in [0.2, 0.25) is 0 Å². The zero-order valence-corrected chi connectivity index (χ0v) is 9.20. The zero-order chi connectivity index (χ0) is 10.7. The molecular formula is C12H14ClNO. The Morgan fingerprint density at radius 3 is 2.60 bits per heavy atom. The summed E-state index contributed by atoms with van der Waals surface area (Å²) in [7, 11) is 0. The van der Waals surface area contributed by atoms with Crippen LogP contribution in [0.5, 0.6) is 0 Å². The average molecular weight is 224 g/mol. The van der Waals surface area contributed by atoms with Crippen LogP contribution >= 0.6 is 11.8 Å². The predicted octanol–water partition coefficient (Wildman–Crippen LogP) is 2.49. The van der Waals surface area contributed by atoms with Crippen molar-refractivity contribution in [2.75, 3.05) is 6.54 Å². The Hall–Kier alpha value is -0.860. The Morgan fingerprint density at radius 1 is 1.33 bits per heavy atom. The third kappa shape index (κ3) is 2.39. The van der Waals surface area contributed by atoms with Crippen LogP contribution in [0.3, 0.4) is 0 Å². The number of hydrogen-bond donors (Lipinski definition) is 1. The van der Waals surface area contributed by atoms with Gasteiger partial charge in [0.25, 0.3) is 0 Å². The number of ketones is 1. The van der Waals surface area contributed by atoms with Gasteiger partial charge in [-0.2, -0.15) is 0 Å². The van der Waals surface area contributed by atoms with E-state index in [-0.39, 0.29) is 18.2 Å². The van der Waals surface area contributed by atoms with E-state index < -0.39 is 0 Å². The van der Waals surface area contributed by atoms with Crippen LogP contribution in [0.4, 0.5) is 0 Å². The van der Waals surface area contributed by atoms with Crippen molar-refractivity contribution in [3.05, 3.63) is 35.9 Å². The normalized spacial score (nSPS) is 24.6. The smallest absolute Gasteiger partial charge is 0.151 e. The van der Waals surface area contributed by atoms with Crippen molar-refractivity contribution in [3.63, 3.8) is 0 Å². The summed E-state index contributed by atoms with van der Waals surface area (Å²) in [4.78, 5) is 13.8. The van der Waals surface area contributed by atoms with Gasteiger partial charge in [-0.1, -0.05) is 30.3 Å². The fourth-order valence-electron chi connectivity index (χ4n) is 2.09. The summed E-state index contributed by atoms with van der Waals surface area (Å²) >= 11 is 5.30. The van der Waals surface area contributed by atoms with E-state index in [9.17, 15) is 4.79 Å². The number of carbonyl (C=O) groups is 1. The molecule has 0 saturated heterocycles. The van der Waals surface area contributed by atoms with Crippen LogP contribution < -0.4 is 4.84 Å². The van der Waals surface area contributed by atoms with Crippen molar-refractivity contribution in [2.45, 2.75) is 18.8 Å². The minimum absolute atomic E-state index is 0.210. The Labute approximate surface area is 94.7 Å². The maximum Gasteiger partial charge on any atom is 0.151 e. The van der Waals surface area contributed by atoms with Gasteiger partial charge in [0.2, 0.25) is 0 Å². The Bertz CT molecular complexity index is 333. The molecule has 1 aromatic rings. The number of rotatable bonds is 4. The first-order chi connectivity index (χ1) is 7.31. The molecule has 3 heteroatoms. The van der Waals surface area contributed by atoms with Gasteiger partial charge in [-0.05, 0) is 36.1 Å². The molecule has 2 nitrogen and oxygen atoms in total. The molecule has 2 rings (SSSR count). The van der Waals surface area contributed by atoms with E-state index in [1.165, 1.54) is 5.56 Å². The van der Waals surface area contributed by atoms with Gasteiger partial charge in [0.15, 0.2) is 5.78 Å². The minimum atomic E-state index is 0.210. The van der Waals surface area contributed by atoms with E-state index in [2.05, 4.69) is 17.0 Å². The van der Waals surface area contributed by atoms with Gasteiger partial charge in [-0.25, -0.2) is 4.84 Å². The highest BCUT2D eigenvalue weighted by Crippen LogP contribution is 2.41. The van der Waals surface area contributed by atoms with Gasteiger partial charge in [0, 0.05) is 5.92 Å². The fraction of sp³-hybridized carbons (Fsp3) is 0.417. The van der Waals surface area contributed by atoms with Crippen LogP contribution in [-0.4, -0.2) is 12.3 Å². The number of nitrogens with one attached hydrogen (secondary N) is 1. The van der Waals surface area contributed by atoms with Crippen molar-refractivity contribution < 1.29 is 4.79 Å². The highest BCUT2D eigenvalue weighted by molar-refractivity contribution is 6.14. The molecule has 15 heavy (non-hydrogen) atoms. The second-order valence-electron chi connectivity index (χ2n) is 4.05. The lowest BCUT2D eigenvalue weighted by atomic mass is 9.69. The van der Waals surface area contributed by atoms with Crippen molar-refractivity contribution in [3.8, 4) is 0 Å². The molecule has 0 amide bonds. The first-order valence-electron chi connectivity index (χ1n) is 5.22. The summed E-state index contributed by atoms with van der Waals surface area (Å²) in [6, 6.07) is 10.4. The summed E-state index contributed by atoms with van der Waals surface area (Å²) in [5.41, 5.74) is 1.35. The molecule has 1 aliphatic carbocycles. The molecule has 1 N–H and O–H groups in total. The summed E-state index contributed by atoms with van der Waals surface area (Å²) in [6.45, 7) is 0.285. The molecule has 0 bridgehead atoms. The second-order valence-corrected chi connectivity index (χ2v) is 4.32. The molecule has 1 aliphatic rings. The SMILES string of the molecule is O=C(CNCl)C1CC(c2ccccc2)C1. The zero-order valence-electron chi connectivity index (χ0n) is 8.45. The van der Waals surface area contributed by atoms with E-state index in [1.807, 2.05) is 18.2 Å². The topological polar surface area (TPSA) is 29.1 Å². The van der Waals surface area contributed by atoms with Crippen LogP contribution in [0.25, 0.3) is 0 Å². The van der Waals surface area contributed by atoms with Crippen LogP contribution in [0.15, 0.2) is 30.3 Å². The first kappa shape index (κ1) is 10.7. The van der Waals surface area contributed by atoms with E-state index >= 15 is 0 Å². The van der Waals surface area contributed by atoms with Crippen LogP contribution in [0.1, 0.15) is 24.3 Å². The fourth-order valence-corrected chi connectivity index (χ4v) is 2.22. The standard InChI is InChI=1S/C12H14ClNO/c13-14-8-12(15)11-6-10(7-11)9-4-2-1-3-5-9/h1-5,10-11,14H,6-8H2. The van der Waals surface area contributed by atoms with E-state index in [1.54, 1.807) is 0 Å². The van der Waals surface area contributed by atoms with Gasteiger partial charge in [-0.15, -0.1) is 0 Å². The third-order valence-corrected chi connectivity index (χ3v) is 3.24. The minimum Gasteiger partial charge on any atom is -0.298 e. The lowest BCUT2D eigenvalue weighted by Crippen LogP contribution is -2.33. The average Bonchev–Trinajstić information content (AvgIpc) is 2.17. The first-order valence-corrected chi connectivity index (χ1v) is 5.60. The quantitative estimate of drug-likeness (QED) is 0.795. The monoisotopic (exact) mass is 223 g/mol. The Morgan fingerprint density at radius 2 is 2.00 bits per heavy atom. The lowest BCUT2D eigenvalue weighted by Gasteiger charge is -2.34. The second kappa shape index (κ2) is 4.77. The molecular weight excluding hydrogens is 210 g/mol. The molecule has 0 heterocycles. The molecule has 1 aromatic carbocycles. The van der Waals surface area contributed by atoms with Gasteiger partial charge in [0.05, 0.1) is 6.54 Å². The van der Waals surface area contributed by atoms with E-state index in [0.29, 0.717) is 5.92 Å².